The number of hydrogen-bond acceptors (Lipinski definition) is 7. The van der Waals surface area contributed by atoms with Gasteiger partial charge in [0, 0.05) is 0 Å². The average molecular weight is 490 g/mol. The van der Waals surface area contributed by atoms with E-state index in [1.54, 1.807) is 65.3 Å². The maximum atomic E-state index is 12.0. The molecular weight excluding hydrogens is 477 g/mol. The van der Waals surface area contributed by atoms with Gasteiger partial charge in [-0.2, -0.15) is 10.4 Å². The molecule has 3 N–H and O–H groups in total. The quantitative estimate of drug-likeness (QED) is 0.380. The highest BCUT2D eigenvalue weighted by molar-refractivity contribution is 6.37. The molecule has 0 unspecified atom stereocenters. The predicted octanol–water partition coefficient (Wildman–Crippen LogP) is 4.00. The van der Waals surface area contributed by atoms with Gasteiger partial charge in [-0.25, -0.2) is 4.68 Å². The molecule has 0 aliphatic heterocycles. The van der Waals surface area contributed by atoms with E-state index >= 15 is 0 Å². The summed E-state index contributed by atoms with van der Waals surface area (Å²) >= 11 is 12.5. The highest BCUT2D eigenvalue weighted by Crippen LogP contribution is 2.30. The molecule has 0 bridgehead atoms. The minimum atomic E-state index is -0.729. The number of halogens is 2. The average Bonchev–Trinajstić information content (AvgIpc) is 3.44. The summed E-state index contributed by atoms with van der Waals surface area (Å²) in [7, 11) is 0. The van der Waals surface area contributed by atoms with Crippen LogP contribution in [0.2, 0.25) is 10.0 Å². The van der Waals surface area contributed by atoms with Crippen LogP contribution in [0.5, 0.6) is 0 Å². The maximum absolute atomic E-state index is 12.0. The van der Waals surface area contributed by atoms with Crippen LogP contribution < -0.4 is 11.1 Å². The minimum Gasteiger partial charge on any atom is -0.364 e. The van der Waals surface area contributed by atoms with E-state index in [-0.39, 0.29) is 5.69 Å². The van der Waals surface area contributed by atoms with Gasteiger partial charge in [-0.1, -0.05) is 35.3 Å². The van der Waals surface area contributed by atoms with Crippen molar-refractivity contribution in [3.63, 3.8) is 0 Å². The number of pyridine rings is 2. The lowest BCUT2D eigenvalue weighted by atomic mass is 10.3. The van der Waals surface area contributed by atoms with Gasteiger partial charge in [-0.3, -0.25) is 14.2 Å². The van der Waals surface area contributed by atoms with Crippen LogP contribution in [0.4, 0.5) is 11.4 Å². The Kier molecular flexibility index (Phi) is 5.33. The third-order valence-corrected chi connectivity index (χ3v) is 5.54. The Morgan fingerprint density at radius 1 is 1.06 bits per heavy atom. The number of fused-ring (bicyclic) bond motifs is 1. The van der Waals surface area contributed by atoms with Gasteiger partial charge in [0.15, 0.2) is 17.2 Å². The van der Waals surface area contributed by atoms with Gasteiger partial charge >= 0.3 is 0 Å². The molecule has 0 saturated carbocycles. The molecule has 1 aromatic carbocycles. The molecule has 0 spiro atoms. The van der Waals surface area contributed by atoms with E-state index in [2.05, 4.69) is 31.7 Å². The lowest BCUT2D eigenvalue weighted by molar-refractivity contribution is 0.0996. The molecule has 0 fully saturated rings. The first-order valence-electron chi connectivity index (χ1n) is 9.78. The van der Waals surface area contributed by atoms with E-state index in [0.29, 0.717) is 50.0 Å². The van der Waals surface area contributed by atoms with Gasteiger partial charge in [0.25, 0.3) is 5.91 Å². The van der Waals surface area contributed by atoms with Gasteiger partial charge in [-0.05, 0) is 36.4 Å². The van der Waals surface area contributed by atoms with E-state index in [1.807, 2.05) is 0 Å². The fraction of sp³-hybridized carbons (Fsp3) is 0. The van der Waals surface area contributed by atoms with Crippen molar-refractivity contribution in [3.05, 3.63) is 82.4 Å². The van der Waals surface area contributed by atoms with E-state index in [4.69, 9.17) is 28.9 Å². The van der Waals surface area contributed by atoms with E-state index in [0.717, 1.165) is 0 Å². The summed E-state index contributed by atoms with van der Waals surface area (Å²) in [5.74, 6) is -0.300. The number of anilines is 2. The highest BCUT2D eigenvalue weighted by Gasteiger charge is 2.19. The maximum Gasteiger partial charge on any atom is 0.271 e. The fourth-order valence-corrected chi connectivity index (χ4v) is 3.99. The molecule has 0 atom stereocenters. The first kappa shape index (κ1) is 21.4. The summed E-state index contributed by atoms with van der Waals surface area (Å²) in [5.41, 5.74) is 8.28. The number of nitrogens with zero attached hydrogens (tertiary/aromatic N) is 7. The molecule has 166 valence electrons. The van der Waals surface area contributed by atoms with Crippen molar-refractivity contribution in [1.29, 1.82) is 5.26 Å². The van der Waals surface area contributed by atoms with Crippen LogP contribution in [-0.2, 0) is 0 Å². The summed E-state index contributed by atoms with van der Waals surface area (Å²) in [4.78, 5) is 16.4. The topological polar surface area (TPSA) is 140 Å². The SMILES string of the molecule is N#Cc1cccc2nnc(-c3ccc(Nc4cn(-c5c(Cl)cccc5Cl)nc4C(N)=O)cn3)n12. The van der Waals surface area contributed by atoms with Crippen LogP contribution >= 0.6 is 23.2 Å². The van der Waals surface area contributed by atoms with E-state index in [1.165, 1.54) is 4.68 Å². The minimum absolute atomic E-state index is 0.00201. The number of carbonyl (C=O) groups is 1. The van der Waals surface area contributed by atoms with E-state index < -0.39 is 5.91 Å². The number of nitriles is 1. The molecule has 4 heterocycles. The second-order valence-electron chi connectivity index (χ2n) is 7.07. The Balaban J connectivity index is 1.49. The van der Waals surface area contributed by atoms with Crippen molar-refractivity contribution in [2.24, 2.45) is 5.73 Å². The standard InChI is InChI=1S/C22H13Cl2N9O/c23-14-4-2-5-15(24)20(14)32-11-17(19(31-32)21(26)34)28-12-7-8-16(27-10-12)22-30-29-18-6-1-3-13(9-25)33(18)22/h1-8,10-11,28H,(H2,26,34). The Morgan fingerprint density at radius 2 is 1.82 bits per heavy atom. The smallest absolute Gasteiger partial charge is 0.271 e. The second-order valence-corrected chi connectivity index (χ2v) is 7.88. The molecule has 5 rings (SSSR count). The van der Waals surface area contributed by atoms with Crippen molar-refractivity contribution in [2.75, 3.05) is 5.32 Å². The molecule has 0 aliphatic rings. The van der Waals surface area contributed by atoms with Gasteiger partial charge in [-0.15, -0.1) is 10.2 Å². The molecule has 0 aliphatic carbocycles. The van der Waals surface area contributed by atoms with Crippen LogP contribution in [0, 0.1) is 11.3 Å². The summed E-state index contributed by atoms with van der Waals surface area (Å²) < 4.78 is 3.01. The van der Waals surface area contributed by atoms with Crippen molar-refractivity contribution in [1.82, 2.24) is 29.4 Å². The van der Waals surface area contributed by atoms with Gasteiger partial charge in [0.1, 0.15) is 23.1 Å². The number of carbonyl (C=O) groups excluding carboxylic acids is 1. The van der Waals surface area contributed by atoms with Gasteiger partial charge in [0.2, 0.25) is 0 Å². The number of primary amides is 1. The number of benzene rings is 1. The Bertz CT molecular complexity index is 1580. The molecular formula is C22H13Cl2N9O. The molecule has 12 heteroatoms. The molecule has 0 saturated heterocycles. The van der Waals surface area contributed by atoms with Crippen LogP contribution in [0.15, 0.2) is 60.9 Å². The molecule has 1 amide bonds. The van der Waals surface area contributed by atoms with Crippen LogP contribution in [0.3, 0.4) is 0 Å². The number of para-hydroxylation sites is 1. The highest BCUT2D eigenvalue weighted by atomic mass is 35.5. The number of aromatic nitrogens is 6. The number of amides is 1. The molecule has 10 nitrogen and oxygen atoms in total. The van der Waals surface area contributed by atoms with Crippen LogP contribution in [-0.4, -0.2) is 35.3 Å². The first-order valence-corrected chi connectivity index (χ1v) is 10.5. The van der Waals surface area contributed by atoms with Crippen LogP contribution in [0.25, 0.3) is 22.9 Å². The van der Waals surface area contributed by atoms with Crippen molar-refractivity contribution in [3.8, 4) is 23.3 Å². The van der Waals surface area contributed by atoms with Crippen LogP contribution in [0.1, 0.15) is 16.2 Å². The molecule has 34 heavy (non-hydrogen) atoms. The number of rotatable bonds is 5. The molecule has 4 aromatic heterocycles. The predicted molar refractivity (Wildman–Crippen MR) is 126 cm³/mol. The van der Waals surface area contributed by atoms with Crippen molar-refractivity contribution in [2.45, 2.75) is 0 Å². The number of nitrogens with two attached hydrogens (primary N) is 1. The summed E-state index contributed by atoms with van der Waals surface area (Å²) in [6, 6.07) is 15.8. The molecule has 5 aromatic rings. The van der Waals surface area contributed by atoms with Gasteiger partial charge < -0.3 is 11.1 Å². The monoisotopic (exact) mass is 489 g/mol. The molecule has 0 radical (unpaired) electrons. The number of nitrogens with one attached hydrogen (secondary N) is 1. The fourth-order valence-electron chi connectivity index (χ4n) is 3.42. The Morgan fingerprint density at radius 3 is 2.50 bits per heavy atom. The Hall–Kier alpha value is -4.46. The zero-order chi connectivity index (χ0) is 23.8. The largest absolute Gasteiger partial charge is 0.364 e. The summed E-state index contributed by atoms with van der Waals surface area (Å²) in [6.45, 7) is 0. The van der Waals surface area contributed by atoms with Crippen molar-refractivity contribution < 1.29 is 4.79 Å². The third kappa shape index (κ3) is 3.69. The number of hydrogen-bond donors (Lipinski definition) is 2. The summed E-state index contributed by atoms with van der Waals surface area (Å²) in [6.07, 6.45) is 3.11. The lowest BCUT2D eigenvalue weighted by Gasteiger charge is -2.07. The lowest BCUT2D eigenvalue weighted by Crippen LogP contribution is -2.14. The van der Waals surface area contributed by atoms with Crippen molar-refractivity contribution >= 4 is 46.1 Å². The van der Waals surface area contributed by atoms with E-state index in [9.17, 15) is 10.1 Å². The normalized spacial score (nSPS) is 10.9. The second kappa shape index (κ2) is 8.47. The summed E-state index contributed by atoms with van der Waals surface area (Å²) in [5, 5.41) is 25.7. The first-order chi connectivity index (χ1) is 16.5. The zero-order valence-electron chi connectivity index (χ0n) is 17.1. The Labute approximate surface area is 202 Å². The zero-order valence-corrected chi connectivity index (χ0v) is 18.7. The van der Waals surface area contributed by atoms with Gasteiger partial charge in [0.05, 0.1) is 33.8 Å². The third-order valence-electron chi connectivity index (χ3n) is 4.93.